The Morgan fingerprint density at radius 1 is 1.55 bits per heavy atom. The van der Waals surface area contributed by atoms with Crippen LogP contribution in [0, 0.1) is 0 Å². The van der Waals surface area contributed by atoms with Gasteiger partial charge < -0.3 is 10.5 Å². The van der Waals surface area contributed by atoms with Crippen LogP contribution in [0.15, 0.2) is 18.7 Å². The zero-order valence-corrected chi connectivity index (χ0v) is 11.7. The first-order valence-corrected chi connectivity index (χ1v) is 6.30. The van der Waals surface area contributed by atoms with E-state index in [2.05, 4.69) is 19.9 Å². The highest BCUT2D eigenvalue weighted by atomic mass is 16.5. The van der Waals surface area contributed by atoms with E-state index < -0.39 is 5.97 Å². The highest BCUT2D eigenvalue weighted by Gasteiger charge is 2.24. The number of rotatable bonds is 5. The zero-order chi connectivity index (χ0) is 14.7. The molecule has 2 unspecified atom stereocenters. The first-order valence-electron chi connectivity index (χ1n) is 6.30. The largest absolute Gasteiger partial charge is 0.463 e. The van der Waals surface area contributed by atoms with Gasteiger partial charge in [-0.3, -0.25) is 4.68 Å². The number of hydrogen-bond acceptors (Lipinski definition) is 6. The van der Waals surface area contributed by atoms with Crippen molar-refractivity contribution in [2.45, 2.75) is 25.4 Å². The molecule has 8 heteroatoms. The molecule has 2 atom stereocenters. The SMILES string of the molecule is CCC(N)C(c1cnn(C)c1)n1cnc(C(=O)OC)n1. The van der Waals surface area contributed by atoms with Gasteiger partial charge in [-0.25, -0.2) is 14.5 Å². The van der Waals surface area contributed by atoms with Crippen molar-refractivity contribution in [2.75, 3.05) is 7.11 Å². The predicted molar refractivity (Wildman–Crippen MR) is 71.0 cm³/mol. The molecule has 2 N–H and O–H groups in total. The molecule has 0 amide bonds. The average molecular weight is 278 g/mol. The standard InChI is InChI=1S/C12H18N6O2/c1-4-9(13)10(8-5-15-17(2)6-8)18-7-14-11(16-18)12(19)20-3/h5-7,9-10H,4,13H2,1-3H3. The van der Waals surface area contributed by atoms with E-state index in [4.69, 9.17) is 5.73 Å². The number of carbonyl (C=O) groups is 1. The molecule has 0 aliphatic heterocycles. The van der Waals surface area contributed by atoms with E-state index in [0.29, 0.717) is 0 Å². The molecule has 0 saturated carbocycles. The molecule has 0 spiro atoms. The van der Waals surface area contributed by atoms with Crippen LogP contribution in [0.3, 0.4) is 0 Å². The Morgan fingerprint density at radius 3 is 2.85 bits per heavy atom. The summed E-state index contributed by atoms with van der Waals surface area (Å²) in [5, 5.41) is 8.30. The Labute approximate surface area is 116 Å². The Kier molecular flexibility index (Phi) is 4.14. The molecule has 2 heterocycles. The van der Waals surface area contributed by atoms with Crippen LogP contribution >= 0.6 is 0 Å². The first kappa shape index (κ1) is 14.2. The van der Waals surface area contributed by atoms with Crippen LogP contribution in [-0.4, -0.2) is 43.7 Å². The van der Waals surface area contributed by atoms with Crippen LogP contribution in [0.4, 0.5) is 0 Å². The van der Waals surface area contributed by atoms with E-state index >= 15 is 0 Å². The van der Waals surface area contributed by atoms with E-state index in [1.54, 1.807) is 15.6 Å². The lowest BCUT2D eigenvalue weighted by molar-refractivity contribution is 0.0586. The summed E-state index contributed by atoms with van der Waals surface area (Å²) in [7, 11) is 3.12. The third kappa shape index (κ3) is 2.69. The van der Waals surface area contributed by atoms with Gasteiger partial charge in [-0.15, -0.1) is 5.10 Å². The van der Waals surface area contributed by atoms with E-state index in [-0.39, 0.29) is 17.9 Å². The van der Waals surface area contributed by atoms with Crippen LogP contribution in [0.5, 0.6) is 0 Å². The molecule has 2 rings (SSSR count). The minimum atomic E-state index is -0.571. The van der Waals surface area contributed by atoms with Gasteiger partial charge in [-0.05, 0) is 6.42 Å². The normalized spacial score (nSPS) is 14.0. The Morgan fingerprint density at radius 2 is 2.30 bits per heavy atom. The minimum Gasteiger partial charge on any atom is -0.463 e. The molecule has 0 bridgehead atoms. The second kappa shape index (κ2) is 5.83. The lowest BCUT2D eigenvalue weighted by Crippen LogP contribution is -2.32. The molecule has 2 aromatic heterocycles. The smallest absolute Gasteiger partial charge is 0.377 e. The van der Waals surface area contributed by atoms with Crippen molar-refractivity contribution >= 4 is 5.97 Å². The molecule has 0 radical (unpaired) electrons. The van der Waals surface area contributed by atoms with Crippen molar-refractivity contribution in [1.82, 2.24) is 24.5 Å². The molecule has 108 valence electrons. The number of hydrogen-bond donors (Lipinski definition) is 1. The summed E-state index contributed by atoms with van der Waals surface area (Å²) in [4.78, 5) is 15.4. The number of nitrogens with two attached hydrogens (primary N) is 1. The molecule has 0 fully saturated rings. The van der Waals surface area contributed by atoms with Crippen LogP contribution in [-0.2, 0) is 11.8 Å². The van der Waals surface area contributed by atoms with E-state index in [0.717, 1.165) is 12.0 Å². The van der Waals surface area contributed by atoms with Gasteiger partial charge in [0.2, 0.25) is 0 Å². The average Bonchev–Trinajstić information content (AvgIpc) is 3.08. The fourth-order valence-corrected chi connectivity index (χ4v) is 2.01. The number of nitrogens with zero attached hydrogens (tertiary/aromatic N) is 5. The molecule has 0 aliphatic carbocycles. The second-order valence-electron chi connectivity index (χ2n) is 4.50. The fraction of sp³-hybridized carbons (Fsp3) is 0.500. The van der Waals surface area contributed by atoms with Crippen LogP contribution < -0.4 is 5.73 Å². The molecule has 20 heavy (non-hydrogen) atoms. The quantitative estimate of drug-likeness (QED) is 0.780. The molecule has 0 aromatic carbocycles. The van der Waals surface area contributed by atoms with Crippen molar-refractivity contribution in [2.24, 2.45) is 12.8 Å². The van der Waals surface area contributed by atoms with Crippen molar-refractivity contribution in [1.29, 1.82) is 0 Å². The zero-order valence-electron chi connectivity index (χ0n) is 11.7. The van der Waals surface area contributed by atoms with E-state index in [1.165, 1.54) is 13.4 Å². The van der Waals surface area contributed by atoms with Crippen molar-refractivity contribution in [3.8, 4) is 0 Å². The molecule has 2 aromatic rings. The van der Waals surface area contributed by atoms with Gasteiger partial charge in [-0.1, -0.05) is 6.92 Å². The maximum absolute atomic E-state index is 11.4. The molecule has 0 aliphatic rings. The van der Waals surface area contributed by atoms with Gasteiger partial charge in [0, 0.05) is 24.8 Å². The maximum Gasteiger partial charge on any atom is 0.377 e. The molecular formula is C12H18N6O2. The third-order valence-corrected chi connectivity index (χ3v) is 3.10. The van der Waals surface area contributed by atoms with Gasteiger partial charge in [0.05, 0.1) is 19.3 Å². The van der Waals surface area contributed by atoms with Crippen molar-refractivity contribution in [3.63, 3.8) is 0 Å². The lowest BCUT2D eigenvalue weighted by atomic mass is 10.0. The summed E-state index contributed by atoms with van der Waals surface area (Å²) in [6.07, 6.45) is 5.85. The lowest BCUT2D eigenvalue weighted by Gasteiger charge is -2.21. The van der Waals surface area contributed by atoms with Gasteiger partial charge >= 0.3 is 5.97 Å². The predicted octanol–water partition coefficient (Wildman–Crippen LogP) is 0.125. The highest BCUT2D eigenvalue weighted by Crippen LogP contribution is 2.21. The van der Waals surface area contributed by atoms with Crippen molar-refractivity contribution < 1.29 is 9.53 Å². The number of aromatic nitrogens is 5. The summed E-state index contributed by atoms with van der Waals surface area (Å²) in [5.41, 5.74) is 7.09. The molecule has 0 saturated heterocycles. The number of aryl methyl sites for hydroxylation is 1. The summed E-state index contributed by atoms with van der Waals surface area (Å²) in [6.45, 7) is 1.99. The Hall–Kier alpha value is -2.22. The van der Waals surface area contributed by atoms with E-state index in [1.807, 2.05) is 20.2 Å². The monoisotopic (exact) mass is 278 g/mol. The molecular weight excluding hydrogens is 260 g/mol. The Balaban J connectivity index is 2.36. The van der Waals surface area contributed by atoms with Crippen LogP contribution in [0.2, 0.25) is 0 Å². The number of methoxy groups -OCH3 is 1. The first-order chi connectivity index (χ1) is 9.56. The minimum absolute atomic E-state index is 0.0182. The third-order valence-electron chi connectivity index (χ3n) is 3.10. The summed E-state index contributed by atoms with van der Waals surface area (Å²) < 4.78 is 7.88. The van der Waals surface area contributed by atoms with E-state index in [9.17, 15) is 4.79 Å². The van der Waals surface area contributed by atoms with Crippen molar-refractivity contribution in [3.05, 3.63) is 30.1 Å². The summed E-state index contributed by atoms with van der Waals surface area (Å²) >= 11 is 0. The van der Waals surface area contributed by atoms with Gasteiger partial charge in [-0.2, -0.15) is 5.10 Å². The second-order valence-corrected chi connectivity index (χ2v) is 4.50. The maximum atomic E-state index is 11.4. The topological polar surface area (TPSA) is 101 Å². The van der Waals surface area contributed by atoms with Crippen LogP contribution in [0.25, 0.3) is 0 Å². The number of esters is 1. The summed E-state index contributed by atoms with van der Waals surface area (Å²) in [6, 6.07) is -0.383. The fourth-order valence-electron chi connectivity index (χ4n) is 2.01. The van der Waals surface area contributed by atoms with Gasteiger partial charge in [0.15, 0.2) is 0 Å². The highest BCUT2D eigenvalue weighted by molar-refractivity contribution is 5.84. The Bertz CT molecular complexity index is 590. The summed E-state index contributed by atoms with van der Waals surface area (Å²) in [5.74, 6) is -0.552. The number of carbonyl (C=O) groups excluding carboxylic acids is 1. The molecule has 8 nitrogen and oxygen atoms in total. The van der Waals surface area contributed by atoms with Gasteiger partial charge in [0.1, 0.15) is 6.33 Å². The van der Waals surface area contributed by atoms with Gasteiger partial charge in [0.25, 0.3) is 5.82 Å². The van der Waals surface area contributed by atoms with Crippen LogP contribution in [0.1, 0.15) is 35.6 Å². The number of ether oxygens (including phenoxy) is 1.